The Balaban J connectivity index is 0.980. The lowest BCUT2D eigenvalue weighted by Crippen LogP contribution is -2.40. The number of aromatic hydroxyl groups is 1. The van der Waals surface area contributed by atoms with Crippen LogP contribution < -0.4 is 26.0 Å². The minimum Gasteiger partial charge on any atom is -0.508 e. The van der Waals surface area contributed by atoms with Crippen molar-refractivity contribution in [3.05, 3.63) is 107 Å². The van der Waals surface area contributed by atoms with E-state index in [1.165, 1.54) is 48.4 Å². The van der Waals surface area contributed by atoms with Gasteiger partial charge in [0.15, 0.2) is 44.2 Å². The Hall–Kier alpha value is -7.11. The number of ether oxygens (including phenoxy) is 2. The number of aromatic nitrogens is 4. The summed E-state index contributed by atoms with van der Waals surface area (Å²) in [6, 6.07) is 21.4. The number of phenols is 1. The number of imidazole rings is 1. The Morgan fingerprint density at radius 1 is 1.00 bits per heavy atom. The lowest BCUT2D eigenvalue weighted by molar-refractivity contribution is 0.0697. The number of nitrogens with zero attached hydrogens (tertiary/aromatic N) is 5. The molecule has 3 aliphatic rings. The number of carbonyl (C=O) groups is 1. The van der Waals surface area contributed by atoms with E-state index in [9.17, 15) is 19.8 Å². The molecule has 15 nitrogen and oxygen atoms in total. The maximum Gasteiger partial charge on any atom is 0.336 e. The molecule has 1 aliphatic carbocycles. The minimum atomic E-state index is -1.16. The van der Waals surface area contributed by atoms with Crippen LogP contribution in [-0.4, -0.2) is 65.1 Å². The second-order valence-electron chi connectivity index (χ2n) is 14.2. The molecule has 3 aromatic carbocycles. The van der Waals surface area contributed by atoms with Crippen molar-refractivity contribution in [1.29, 1.82) is 0 Å². The van der Waals surface area contributed by atoms with Gasteiger partial charge in [-0.25, -0.2) is 19.7 Å². The number of carboxylic acids is 1. The Bertz CT molecular complexity index is 3000. The molecule has 302 valence electrons. The van der Waals surface area contributed by atoms with Gasteiger partial charge in [-0.2, -0.15) is 0 Å². The van der Waals surface area contributed by atoms with Crippen LogP contribution in [0.5, 0.6) is 17.2 Å². The lowest BCUT2D eigenvalue weighted by atomic mass is 9.90. The molecule has 0 spiro atoms. The third kappa shape index (κ3) is 7.17. The van der Waals surface area contributed by atoms with E-state index in [0.717, 1.165) is 10.5 Å². The number of anilines is 2. The molecule has 9 rings (SSSR count). The van der Waals surface area contributed by atoms with Gasteiger partial charge in [-0.15, -0.1) is 0 Å². The van der Waals surface area contributed by atoms with Crippen LogP contribution >= 0.6 is 24.0 Å². The molecule has 60 heavy (non-hydrogen) atoms. The van der Waals surface area contributed by atoms with Crippen molar-refractivity contribution >= 4 is 68.7 Å². The smallest absolute Gasteiger partial charge is 0.336 e. The van der Waals surface area contributed by atoms with E-state index in [-0.39, 0.29) is 41.2 Å². The largest absolute Gasteiger partial charge is 0.508 e. The number of aromatic carboxylic acids is 1. The Kier molecular flexibility index (Phi) is 9.97. The van der Waals surface area contributed by atoms with Gasteiger partial charge in [-0.1, -0.05) is 17.8 Å². The second-order valence-corrected chi connectivity index (χ2v) is 15.6. The summed E-state index contributed by atoms with van der Waals surface area (Å²) in [6.07, 6.45) is 3.65. The standard InChI is InChI=1S/C43H35N7O8S2/c1-22(2)49(42(59)47-23-6-9-26(29(15-23)41(53)54)37-27-10-7-24(51)16-32(27)58-33-17-25(52)8-11-28(33)37)12-4-13-50-40-38(39(44)45-20-46-40)48-43(50)60-36-19-35-34(56-21-57-35)18-30(36)31-5-3-14-55-31/h3,5-11,14-20,22,51H,4,12-13,21H2,1-2H3,(H,47,59)(H,53,54)(H2,44,45,46). The molecule has 0 atom stereocenters. The highest BCUT2D eigenvalue weighted by atomic mass is 32.2. The molecule has 3 aromatic heterocycles. The van der Waals surface area contributed by atoms with E-state index in [2.05, 4.69) is 15.3 Å². The van der Waals surface area contributed by atoms with E-state index in [1.54, 1.807) is 30.5 Å². The second kappa shape index (κ2) is 15.6. The fraction of sp³-hybridized carbons (Fsp3) is 0.163. The zero-order valence-electron chi connectivity index (χ0n) is 32.0. The molecule has 0 saturated carbocycles. The summed E-state index contributed by atoms with van der Waals surface area (Å²) in [5.41, 5.74) is 10.2. The van der Waals surface area contributed by atoms with Gasteiger partial charge in [0.1, 0.15) is 29.2 Å². The van der Waals surface area contributed by atoms with Crippen LogP contribution in [0.2, 0.25) is 0 Å². The van der Waals surface area contributed by atoms with Gasteiger partial charge >= 0.3 is 5.97 Å². The van der Waals surface area contributed by atoms with Crippen LogP contribution in [-0.2, 0) is 6.54 Å². The molecule has 5 N–H and O–H groups in total. The predicted molar refractivity (Wildman–Crippen MR) is 230 cm³/mol. The highest BCUT2D eigenvalue weighted by Crippen LogP contribution is 2.46. The molecular formula is C43H35N7O8S2. The first-order valence-corrected chi connectivity index (χ1v) is 20.0. The van der Waals surface area contributed by atoms with Crippen molar-refractivity contribution in [3.63, 3.8) is 0 Å². The van der Waals surface area contributed by atoms with E-state index in [0.29, 0.717) is 91.5 Å². The van der Waals surface area contributed by atoms with Crippen LogP contribution in [0.3, 0.4) is 0 Å². The monoisotopic (exact) mass is 841 g/mol. The summed E-state index contributed by atoms with van der Waals surface area (Å²) < 4.78 is 25.1. The number of aryl methyl sites for hydroxylation is 1. The third-order valence-corrected chi connectivity index (χ3v) is 11.5. The molecule has 0 saturated heterocycles. The van der Waals surface area contributed by atoms with Crippen molar-refractivity contribution in [3.8, 4) is 51.0 Å². The van der Waals surface area contributed by atoms with Gasteiger partial charge in [-0.3, -0.25) is 4.79 Å². The van der Waals surface area contributed by atoms with Gasteiger partial charge in [0, 0.05) is 63.9 Å². The molecular weight excluding hydrogens is 807 g/mol. The molecule has 6 aromatic rings. The third-order valence-electron chi connectivity index (χ3n) is 10.1. The zero-order chi connectivity index (χ0) is 41.7. The first-order valence-electron chi connectivity index (χ1n) is 18.8. The first kappa shape index (κ1) is 38.4. The first-order chi connectivity index (χ1) is 29.0. The van der Waals surface area contributed by atoms with E-state index in [4.69, 9.17) is 41.2 Å². The highest BCUT2D eigenvalue weighted by Gasteiger charge is 2.25. The molecule has 0 radical (unpaired) electrons. The average molecular weight is 842 g/mol. The number of thiocarbonyl (C=S) groups is 1. The molecule has 17 heteroatoms. The van der Waals surface area contributed by atoms with E-state index >= 15 is 0 Å². The SMILES string of the molecule is CC(C)N(CCCn1c(Sc2cc3c(cc2-c2ccco2)OCO3)nc2c(N)ncnc21)C(=S)Nc1ccc(-c2c3ccc(=O)cc-3oc3cc(O)ccc23)c(C(=O)O)c1. The average Bonchev–Trinajstić information content (AvgIpc) is 3.99. The van der Waals surface area contributed by atoms with Gasteiger partial charge in [0.25, 0.3) is 0 Å². The number of hydrogen-bond donors (Lipinski definition) is 4. The predicted octanol–water partition coefficient (Wildman–Crippen LogP) is 8.33. The molecule has 0 fully saturated rings. The van der Waals surface area contributed by atoms with Crippen molar-refractivity contribution in [1.82, 2.24) is 24.4 Å². The Morgan fingerprint density at radius 3 is 2.60 bits per heavy atom. The minimum absolute atomic E-state index is 0.00270. The summed E-state index contributed by atoms with van der Waals surface area (Å²) in [6.45, 7) is 5.20. The Morgan fingerprint density at radius 2 is 1.82 bits per heavy atom. The van der Waals surface area contributed by atoms with Crippen molar-refractivity contribution in [2.45, 2.75) is 42.9 Å². The molecule has 0 unspecified atom stereocenters. The van der Waals surface area contributed by atoms with Gasteiger partial charge in [0.2, 0.25) is 6.79 Å². The molecule has 5 heterocycles. The summed E-state index contributed by atoms with van der Waals surface area (Å²) in [5, 5.41) is 25.6. The maximum atomic E-state index is 12.9. The quantitative estimate of drug-likeness (QED) is 0.0714. The van der Waals surface area contributed by atoms with E-state index in [1.807, 2.05) is 47.6 Å². The van der Waals surface area contributed by atoms with Gasteiger partial charge in [-0.05, 0) is 98.7 Å². The summed E-state index contributed by atoms with van der Waals surface area (Å²) in [7, 11) is 0. The number of fused-ring (bicyclic) bond motifs is 4. The van der Waals surface area contributed by atoms with Crippen LogP contribution in [0.25, 0.3) is 55.9 Å². The van der Waals surface area contributed by atoms with Crippen LogP contribution in [0, 0.1) is 0 Å². The van der Waals surface area contributed by atoms with Crippen molar-refractivity contribution < 1.29 is 33.3 Å². The van der Waals surface area contributed by atoms with Crippen LogP contribution in [0.15, 0.2) is 115 Å². The molecule has 0 bridgehead atoms. The topological polar surface area (TPSA) is 204 Å². The summed E-state index contributed by atoms with van der Waals surface area (Å²) >= 11 is 7.36. The number of benzene rings is 4. The van der Waals surface area contributed by atoms with Crippen molar-refractivity contribution in [2.75, 3.05) is 24.4 Å². The summed E-state index contributed by atoms with van der Waals surface area (Å²) in [4.78, 5) is 41.6. The number of rotatable bonds is 11. The number of hydrogen-bond acceptors (Lipinski definition) is 13. The number of nitrogens with two attached hydrogens (primary N) is 1. The normalized spacial score (nSPS) is 12.2. The fourth-order valence-corrected chi connectivity index (χ4v) is 8.78. The number of carboxylic acid groups (broad SMARTS) is 1. The number of nitrogen functional groups attached to an aromatic ring is 1. The zero-order valence-corrected chi connectivity index (χ0v) is 33.7. The summed E-state index contributed by atoms with van der Waals surface area (Å²) in [5.74, 6) is 1.23. The van der Waals surface area contributed by atoms with Gasteiger partial charge < -0.3 is 49.0 Å². The number of furan rings is 1. The van der Waals surface area contributed by atoms with Crippen LogP contribution in [0.4, 0.5) is 11.5 Å². The molecule has 2 aliphatic heterocycles. The van der Waals surface area contributed by atoms with Crippen molar-refractivity contribution in [2.24, 2.45) is 0 Å². The Labute approximate surface area is 350 Å². The van der Waals surface area contributed by atoms with Gasteiger partial charge in [0.05, 0.1) is 11.8 Å². The number of phenolic OH excluding ortho intramolecular Hbond substituents is 1. The maximum absolute atomic E-state index is 12.9. The lowest BCUT2D eigenvalue weighted by Gasteiger charge is -2.30. The van der Waals surface area contributed by atoms with Crippen LogP contribution in [0.1, 0.15) is 30.6 Å². The fourth-order valence-electron chi connectivity index (χ4n) is 7.30. The van der Waals surface area contributed by atoms with E-state index < -0.39 is 5.97 Å². The molecule has 0 amide bonds. The number of nitrogens with one attached hydrogen (secondary N) is 1. The highest BCUT2D eigenvalue weighted by molar-refractivity contribution is 7.99.